The molecule has 0 saturated heterocycles. The number of aryl methyl sites for hydroxylation is 1. The van der Waals surface area contributed by atoms with Crippen molar-refractivity contribution < 1.29 is 14.3 Å². The zero-order valence-electron chi connectivity index (χ0n) is 18.1. The zero-order chi connectivity index (χ0) is 22.2. The third-order valence-electron chi connectivity index (χ3n) is 5.11. The number of anilines is 2. The summed E-state index contributed by atoms with van der Waals surface area (Å²) in [7, 11) is 0. The van der Waals surface area contributed by atoms with Gasteiger partial charge in [-0.05, 0) is 66.8 Å². The van der Waals surface area contributed by atoms with Crippen molar-refractivity contribution in [3.63, 3.8) is 0 Å². The molecule has 3 aromatic rings. The standard InChI is InChI=1S/C26H28N2O3/c1-4-19(3)23-13-5-6-14-24(23)31-17-25(29)27-22-12-8-10-20(16-22)26(30)28-21-11-7-9-18(2)15-21/h5-16,19H,4,17H2,1-3H3,(H,27,29)(H,28,30). The molecule has 3 rings (SSSR count). The van der Waals surface area contributed by atoms with Crippen molar-refractivity contribution in [3.8, 4) is 5.75 Å². The van der Waals surface area contributed by atoms with Gasteiger partial charge in [-0.15, -0.1) is 0 Å². The third kappa shape index (κ3) is 6.19. The Hall–Kier alpha value is -3.60. The van der Waals surface area contributed by atoms with Crippen LogP contribution in [0, 0.1) is 6.92 Å². The predicted octanol–water partition coefficient (Wildman–Crippen LogP) is 5.78. The fourth-order valence-corrected chi connectivity index (χ4v) is 3.24. The number of hydrogen-bond acceptors (Lipinski definition) is 3. The van der Waals surface area contributed by atoms with Crippen LogP contribution in [0.4, 0.5) is 11.4 Å². The van der Waals surface area contributed by atoms with Crippen LogP contribution in [-0.4, -0.2) is 18.4 Å². The van der Waals surface area contributed by atoms with Gasteiger partial charge in [-0.3, -0.25) is 9.59 Å². The quantitative estimate of drug-likeness (QED) is 0.489. The van der Waals surface area contributed by atoms with Gasteiger partial charge in [-0.1, -0.05) is 50.2 Å². The van der Waals surface area contributed by atoms with E-state index in [9.17, 15) is 9.59 Å². The number of carbonyl (C=O) groups excluding carboxylic acids is 2. The first kappa shape index (κ1) is 22.1. The smallest absolute Gasteiger partial charge is 0.262 e. The number of hydrogen-bond donors (Lipinski definition) is 2. The Balaban J connectivity index is 1.61. The van der Waals surface area contributed by atoms with Crippen LogP contribution < -0.4 is 15.4 Å². The van der Waals surface area contributed by atoms with Crippen LogP contribution in [-0.2, 0) is 4.79 Å². The highest BCUT2D eigenvalue weighted by molar-refractivity contribution is 6.05. The van der Waals surface area contributed by atoms with Crippen molar-refractivity contribution in [2.24, 2.45) is 0 Å². The van der Waals surface area contributed by atoms with Gasteiger partial charge < -0.3 is 15.4 Å². The molecule has 1 unspecified atom stereocenters. The van der Waals surface area contributed by atoms with E-state index in [0.717, 1.165) is 29.0 Å². The van der Waals surface area contributed by atoms with Crippen LogP contribution in [0.2, 0.25) is 0 Å². The highest BCUT2D eigenvalue weighted by Crippen LogP contribution is 2.28. The monoisotopic (exact) mass is 416 g/mol. The number of ether oxygens (including phenoxy) is 1. The summed E-state index contributed by atoms with van der Waals surface area (Å²) in [6, 6.07) is 22.2. The SMILES string of the molecule is CCC(C)c1ccccc1OCC(=O)Nc1cccc(C(=O)Nc2cccc(C)c2)c1. The van der Waals surface area contributed by atoms with Crippen LogP contribution in [0.5, 0.6) is 5.75 Å². The van der Waals surface area contributed by atoms with Gasteiger partial charge in [-0.25, -0.2) is 0 Å². The minimum absolute atomic E-state index is 0.104. The molecule has 0 fully saturated rings. The minimum atomic E-state index is -0.282. The first-order valence-corrected chi connectivity index (χ1v) is 10.5. The summed E-state index contributed by atoms with van der Waals surface area (Å²) in [5.41, 5.74) is 3.89. The van der Waals surface area contributed by atoms with Gasteiger partial charge in [-0.2, -0.15) is 0 Å². The molecule has 31 heavy (non-hydrogen) atoms. The molecule has 5 nitrogen and oxygen atoms in total. The van der Waals surface area contributed by atoms with E-state index >= 15 is 0 Å². The highest BCUT2D eigenvalue weighted by atomic mass is 16.5. The van der Waals surface area contributed by atoms with Gasteiger partial charge in [0, 0.05) is 16.9 Å². The fraction of sp³-hybridized carbons (Fsp3) is 0.231. The van der Waals surface area contributed by atoms with Gasteiger partial charge in [0.2, 0.25) is 0 Å². The molecule has 0 aliphatic heterocycles. The lowest BCUT2D eigenvalue weighted by atomic mass is 9.98. The van der Waals surface area contributed by atoms with Crippen molar-refractivity contribution in [1.29, 1.82) is 0 Å². The van der Waals surface area contributed by atoms with Crippen molar-refractivity contribution >= 4 is 23.2 Å². The maximum absolute atomic E-state index is 12.6. The van der Waals surface area contributed by atoms with Gasteiger partial charge in [0.05, 0.1) is 0 Å². The van der Waals surface area contributed by atoms with Crippen LogP contribution in [0.3, 0.4) is 0 Å². The normalized spacial score (nSPS) is 11.5. The average Bonchev–Trinajstić information content (AvgIpc) is 2.77. The molecule has 0 spiro atoms. The van der Waals surface area contributed by atoms with E-state index in [2.05, 4.69) is 24.5 Å². The third-order valence-corrected chi connectivity index (χ3v) is 5.11. The molecule has 0 aliphatic carbocycles. The Bertz CT molecular complexity index is 1060. The second-order valence-corrected chi connectivity index (χ2v) is 7.59. The first-order chi connectivity index (χ1) is 15.0. The Morgan fingerprint density at radius 2 is 1.61 bits per heavy atom. The van der Waals surface area contributed by atoms with Gasteiger partial charge in [0.25, 0.3) is 11.8 Å². The van der Waals surface area contributed by atoms with E-state index in [1.54, 1.807) is 24.3 Å². The van der Waals surface area contributed by atoms with Crippen molar-refractivity contribution in [2.75, 3.05) is 17.2 Å². The van der Waals surface area contributed by atoms with Gasteiger partial charge in [0.1, 0.15) is 5.75 Å². The maximum Gasteiger partial charge on any atom is 0.262 e. The molecule has 0 aliphatic rings. The molecule has 0 radical (unpaired) electrons. The summed E-state index contributed by atoms with van der Waals surface area (Å²) in [5.74, 6) is 0.553. The summed E-state index contributed by atoms with van der Waals surface area (Å²) < 4.78 is 5.77. The van der Waals surface area contributed by atoms with Crippen LogP contribution >= 0.6 is 0 Å². The zero-order valence-corrected chi connectivity index (χ0v) is 18.1. The Morgan fingerprint density at radius 3 is 2.35 bits per heavy atom. The van der Waals surface area contributed by atoms with E-state index < -0.39 is 0 Å². The molecule has 5 heteroatoms. The van der Waals surface area contributed by atoms with Crippen LogP contribution in [0.15, 0.2) is 72.8 Å². The number of carbonyl (C=O) groups is 2. The average molecular weight is 417 g/mol. The molecule has 0 saturated carbocycles. The number of nitrogens with one attached hydrogen (secondary N) is 2. The largest absolute Gasteiger partial charge is 0.483 e. The topological polar surface area (TPSA) is 67.4 Å². The lowest BCUT2D eigenvalue weighted by Crippen LogP contribution is -2.21. The molecular weight excluding hydrogens is 388 g/mol. The van der Waals surface area contributed by atoms with E-state index in [1.165, 1.54) is 0 Å². The summed E-state index contributed by atoms with van der Waals surface area (Å²) >= 11 is 0. The number of para-hydroxylation sites is 1. The molecule has 0 aromatic heterocycles. The summed E-state index contributed by atoms with van der Waals surface area (Å²) in [5, 5.41) is 5.67. The second-order valence-electron chi connectivity index (χ2n) is 7.59. The molecule has 3 aromatic carbocycles. The van der Waals surface area contributed by atoms with E-state index in [4.69, 9.17) is 4.74 Å². The second kappa shape index (κ2) is 10.4. The first-order valence-electron chi connectivity index (χ1n) is 10.5. The van der Waals surface area contributed by atoms with Crippen LogP contribution in [0.25, 0.3) is 0 Å². The lowest BCUT2D eigenvalue weighted by Gasteiger charge is -2.15. The summed E-state index contributed by atoms with van der Waals surface area (Å²) in [6.45, 7) is 6.12. The maximum atomic E-state index is 12.6. The summed E-state index contributed by atoms with van der Waals surface area (Å²) in [4.78, 5) is 25.0. The molecule has 0 heterocycles. The van der Waals surface area contributed by atoms with E-state index in [-0.39, 0.29) is 18.4 Å². The number of rotatable bonds is 8. The number of amides is 2. The summed E-state index contributed by atoms with van der Waals surface area (Å²) in [6.07, 6.45) is 0.990. The van der Waals surface area contributed by atoms with Crippen LogP contribution in [0.1, 0.15) is 47.7 Å². The number of benzene rings is 3. The molecule has 2 N–H and O–H groups in total. The predicted molar refractivity (Wildman–Crippen MR) is 125 cm³/mol. The van der Waals surface area contributed by atoms with Crippen molar-refractivity contribution in [1.82, 2.24) is 0 Å². The Morgan fingerprint density at radius 1 is 0.903 bits per heavy atom. The lowest BCUT2D eigenvalue weighted by molar-refractivity contribution is -0.118. The van der Waals surface area contributed by atoms with Gasteiger partial charge >= 0.3 is 0 Å². The van der Waals surface area contributed by atoms with Crippen molar-refractivity contribution in [2.45, 2.75) is 33.1 Å². The fourth-order valence-electron chi connectivity index (χ4n) is 3.24. The highest BCUT2D eigenvalue weighted by Gasteiger charge is 2.12. The minimum Gasteiger partial charge on any atom is -0.483 e. The molecule has 0 bridgehead atoms. The molecule has 160 valence electrons. The van der Waals surface area contributed by atoms with E-state index in [0.29, 0.717) is 17.2 Å². The Labute approximate surface area is 183 Å². The Kier molecular flexibility index (Phi) is 7.44. The van der Waals surface area contributed by atoms with Gasteiger partial charge in [0.15, 0.2) is 6.61 Å². The van der Waals surface area contributed by atoms with Crippen molar-refractivity contribution in [3.05, 3.63) is 89.5 Å². The molecule has 1 atom stereocenters. The van der Waals surface area contributed by atoms with E-state index in [1.807, 2.05) is 55.5 Å². The molecular formula is C26H28N2O3. The molecule has 2 amide bonds.